The van der Waals surface area contributed by atoms with E-state index in [0.29, 0.717) is 12.2 Å². The smallest absolute Gasteiger partial charge is 0.269 e. The summed E-state index contributed by atoms with van der Waals surface area (Å²) in [5.41, 5.74) is 1.32. The lowest BCUT2D eigenvalue weighted by Crippen LogP contribution is -2.41. The molecule has 6 heteroatoms. The van der Waals surface area contributed by atoms with Gasteiger partial charge in [-0.2, -0.15) is 5.10 Å². The zero-order valence-electron chi connectivity index (χ0n) is 12.9. The Labute approximate surface area is 125 Å². The molecule has 0 saturated carbocycles. The maximum atomic E-state index is 12.2. The molecule has 1 aliphatic heterocycles. The lowest BCUT2D eigenvalue weighted by atomic mass is 10.2. The molecular formula is C15H24N4O2. The Bertz CT molecular complexity index is 502. The first-order valence-electron chi connectivity index (χ1n) is 7.72. The number of nitrogens with zero attached hydrogens (tertiary/aromatic N) is 3. The van der Waals surface area contributed by atoms with Crippen molar-refractivity contribution in [3.8, 4) is 0 Å². The summed E-state index contributed by atoms with van der Waals surface area (Å²) in [6, 6.07) is 1.75. The summed E-state index contributed by atoms with van der Waals surface area (Å²) in [5, 5.41) is 6.95. The molecule has 0 unspecified atom stereocenters. The molecule has 0 atom stereocenters. The Hall–Kier alpha value is -1.85. The number of aromatic nitrogens is 2. The summed E-state index contributed by atoms with van der Waals surface area (Å²) in [6.07, 6.45) is 4.49. The van der Waals surface area contributed by atoms with Gasteiger partial charge in [0.1, 0.15) is 5.69 Å². The highest BCUT2D eigenvalue weighted by Crippen LogP contribution is 2.09. The van der Waals surface area contributed by atoms with Crippen molar-refractivity contribution in [2.24, 2.45) is 0 Å². The van der Waals surface area contributed by atoms with Crippen LogP contribution >= 0.6 is 0 Å². The van der Waals surface area contributed by atoms with Gasteiger partial charge in [-0.3, -0.25) is 14.3 Å². The van der Waals surface area contributed by atoms with Crippen LogP contribution < -0.4 is 5.32 Å². The third-order valence-electron chi connectivity index (χ3n) is 3.79. The van der Waals surface area contributed by atoms with Crippen LogP contribution in [0.1, 0.15) is 48.8 Å². The van der Waals surface area contributed by atoms with Gasteiger partial charge in [-0.05, 0) is 32.8 Å². The van der Waals surface area contributed by atoms with Gasteiger partial charge in [-0.25, -0.2) is 0 Å². The van der Waals surface area contributed by atoms with Crippen LogP contribution in [0.2, 0.25) is 0 Å². The first-order chi connectivity index (χ1) is 10.1. The van der Waals surface area contributed by atoms with Crippen LogP contribution in [-0.2, 0) is 11.3 Å². The van der Waals surface area contributed by atoms with Gasteiger partial charge >= 0.3 is 0 Å². The number of likely N-dealkylation sites (tertiary alicyclic amines) is 1. The summed E-state index contributed by atoms with van der Waals surface area (Å²) in [5.74, 6) is -0.231. The Kier molecular flexibility index (Phi) is 5.36. The van der Waals surface area contributed by atoms with Gasteiger partial charge in [-0.15, -0.1) is 0 Å². The molecule has 0 aliphatic carbocycles. The minimum Gasteiger partial charge on any atom is -0.342 e. The Morgan fingerprint density at radius 1 is 1.24 bits per heavy atom. The molecule has 2 rings (SSSR count). The molecule has 1 N–H and O–H groups in total. The fourth-order valence-corrected chi connectivity index (χ4v) is 2.65. The molecule has 6 nitrogen and oxygen atoms in total. The summed E-state index contributed by atoms with van der Waals surface area (Å²) in [4.78, 5) is 26.1. The molecule has 1 aromatic heterocycles. The number of carbonyl (C=O) groups is 2. The first kappa shape index (κ1) is 15.5. The van der Waals surface area contributed by atoms with Gasteiger partial charge in [0.25, 0.3) is 5.91 Å². The van der Waals surface area contributed by atoms with Crippen molar-refractivity contribution in [1.29, 1.82) is 0 Å². The lowest BCUT2D eigenvalue weighted by molar-refractivity contribution is -0.130. The molecule has 0 bridgehead atoms. The second-order valence-electron chi connectivity index (χ2n) is 5.46. The third kappa shape index (κ3) is 4.06. The van der Waals surface area contributed by atoms with Gasteiger partial charge in [0.2, 0.25) is 5.91 Å². The molecule has 1 saturated heterocycles. The monoisotopic (exact) mass is 292 g/mol. The van der Waals surface area contributed by atoms with Crippen LogP contribution in [0.25, 0.3) is 0 Å². The van der Waals surface area contributed by atoms with Crippen molar-refractivity contribution >= 4 is 11.8 Å². The Morgan fingerprint density at radius 2 is 1.90 bits per heavy atom. The van der Waals surface area contributed by atoms with Crippen molar-refractivity contribution in [2.75, 3.05) is 19.6 Å². The summed E-state index contributed by atoms with van der Waals surface area (Å²) in [7, 11) is 0. The third-order valence-corrected chi connectivity index (χ3v) is 3.79. The highest BCUT2D eigenvalue weighted by atomic mass is 16.2. The van der Waals surface area contributed by atoms with E-state index in [-0.39, 0.29) is 18.4 Å². The summed E-state index contributed by atoms with van der Waals surface area (Å²) in [6.45, 7) is 6.10. The molecule has 2 heterocycles. The predicted molar refractivity (Wildman–Crippen MR) is 80.0 cm³/mol. The van der Waals surface area contributed by atoms with E-state index in [4.69, 9.17) is 0 Å². The highest BCUT2D eigenvalue weighted by Gasteiger charge is 2.18. The summed E-state index contributed by atoms with van der Waals surface area (Å²) >= 11 is 0. The van der Waals surface area contributed by atoms with Crippen LogP contribution in [0.4, 0.5) is 0 Å². The van der Waals surface area contributed by atoms with Crippen molar-refractivity contribution in [2.45, 2.75) is 46.1 Å². The number of aryl methyl sites for hydroxylation is 2. The van der Waals surface area contributed by atoms with Crippen LogP contribution in [0.3, 0.4) is 0 Å². The highest BCUT2D eigenvalue weighted by molar-refractivity contribution is 5.95. The zero-order valence-corrected chi connectivity index (χ0v) is 12.9. The maximum absolute atomic E-state index is 12.2. The van der Waals surface area contributed by atoms with Crippen LogP contribution in [0.5, 0.6) is 0 Å². The number of rotatable bonds is 4. The van der Waals surface area contributed by atoms with Crippen molar-refractivity contribution in [3.05, 3.63) is 17.5 Å². The molecule has 1 fully saturated rings. The molecule has 1 aliphatic rings. The van der Waals surface area contributed by atoms with E-state index in [2.05, 4.69) is 10.4 Å². The minimum atomic E-state index is -0.236. The predicted octanol–water partition coefficient (Wildman–Crippen LogP) is 1.34. The molecule has 0 aromatic carbocycles. The van der Waals surface area contributed by atoms with Crippen LogP contribution in [0, 0.1) is 6.92 Å². The molecule has 1 aromatic rings. The molecule has 0 radical (unpaired) electrons. The van der Waals surface area contributed by atoms with E-state index in [1.807, 2.05) is 18.7 Å². The number of nitrogens with one attached hydrogen (secondary N) is 1. The number of hydrogen-bond acceptors (Lipinski definition) is 3. The van der Waals surface area contributed by atoms with E-state index in [1.54, 1.807) is 10.7 Å². The standard InChI is InChI=1S/C15H24N4O2/c1-3-19-13(10-12(2)17-19)15(21)16-11-14(20)18-8-6-4-5-7-9-18/h10H,3-9,11H2,1-2H3,(H,16,21). The van der Waals surface area contributed by atoms with Gasteiger partial charge in [0.15, 0.2) is 0 Å². The van der Waals surface area contributed by atoms with Gasteiger partial charge < -0.3 is 10.2 Å². The quantitative estimate of drug-likeness (QED) is 0.910. The molecule has 2 amide bonds. The second-order valence-corrected chi connectivity index (χ2v) is 5.46. The van der Waals surface area contributed by atoms with Gasteiger partial charge in [-0.1, -0.05) is 12.8 Å². The summed E-state index contributed by atoms with van der Waals surface area (Å²) < 4.78 is 1.65. The van der Waals surface area contributed by atoms with Crippen LogP contribution in [0.15, 0.2) is 6.07 Å². The molecule has 116 valence electrons. The largest absolute Gasteiger partial charge is 0.342 e. The molecule has 21 heavy (non-hydrogen) atoms. The Morgan fingerprint density at radius 3 is 2.52 bits per heavy atom. The average Bonchev–Trinajstić information content (AvgIpc) is 2.69. The number of hydrogen-bond donors (Lipinski definition) is 1. The molecule has 0 spiro atoms. The topological polar surface area (TPSA) is 67.2 Å². The molecular weight excluding hydrogens is 268 g/mol. The normalized spacial score (nSPS) is 15.6. The fraction of sp³-hybridized carbons (Fsp3) is 0.667. The first-order valence-corrected chi connectivity index (χ1v) is 7.72. The van der Waals surface area contributed by atoms with E-state index < -0.39 is 0 Å². The number of carbonyl (C=O) groups excluding carboxylic acids is 2. The van der Waals surface area contributed by atoms with Gasteiger partial charge in [0.05, 0.1) is 12.2 Å². The SMILES string of the molecule is CCn1nc(C)cc1C(=O)NCC(=O)N1CCCCCC1. The van der Waals surface area contributed by atoms with E-state index >= 15 is 0 Å². The van der Waals surface area contributed by atoms with E-state index in [9.17, 15) is 9.59 Å². The maximum Gasteiger partial charge on any atom is 0.269 e. The van der Waals surface area contributed by atoms with Crippen molar-refractivity contribution in [1.82, 2.24) is 20.0 Å². The zero-order chi connectivity index (χ0) is 15.2. The van der Waals surface area contributed by atoms with Crippen molar-refractivity contribution in [3.63, 3.8) is 0 Å². The van der Waals surface area contributed by atoms with Crippen molar-refractivity contribution < 1.29 is 9.59 Å². The van der Waals surface area contributed by atoms with E-state index in [1.165, 1.54) is 12.8 Å². The Balaban J connectivity index is 1.89. The second kappa shape index (κ2) is 7.24. The minimum absolute atomic E-state index is 0.00420. The average molecular weight is 292 g/mol. The van der Waals surface area contributed by atoms with Gasteiger partial charge in [0, 0.05) is 19.6 Å². The fourth-order valence-electron chi connectivity index (χ4n) is 2.65. The number of amides is 2. The lowest BCUT2D eigenvalue weighted by Gasteiger charge is -2.20. The van der Waals surface area contributed by atoms with Crippen LogP contribution in [-0.4, -0.2) is 46.1 Å². The van der Waals surface area contributed by atoms with E-state index in [0.717, 1.165) is 31.6 Å².